The molecule has 1 heterocycles. The third kappa shape index (κ3) is 10.5. The van der Waals surface area contributed by atoms with Crippen LogP contribution in [0.15, 0.2) is 64.8 Å². The zero-order valence-corrected chi connectivity index (χ0v) is 20.2. The first kappa shape index (κ1) is 25.0. The lowest BCUT2D eigenvalue weighted by molar-refractivity contribution is 0.174. The molecule has 0 saturated heterocycles. The van der Waals surface area contributed by atoms with Crippen molar-refractivity contribution in [2.45, 2.75) is 79.7 Å². The van der Waals surface area contributed by atoms with Crippen LogP contribution < -0.4 is 14.8 Å². The van der Waals surface area contributed by atoms with Crippen molar-refractivity contribution in [1.82, 2.24) is 5.32 Å². The van der Waals surface area contributed by atoms with Gasteiger partial charge in [0.1, 0.15) is 0 Å². The molecule has 1 aromatic carbocycles. The number of fused-ring (bicyclic) bond motifs is 1. The van der Waals surface area contributed by atoms with Crippen molar-refractivity contribution in [2.24, 2.45) is 0 Å². The lowest BCUT2D eigenvalue weighted by atomic mass is 10.0. The van der Waals surface area contributed by atoms with E-state index in [0.29, 0.717) is 6.79 Å². The highest BCUT2D eigenvalue weighted by atomic mass is 16.7. The van der Waals surface area contributed by atoms with Gasteiger partial charge in [-0.2, -0.15) is 0 Å². The summed E-state index contributed by atoms with van der Waals surface area (Å²) in [5.41, 5.74) is 7.09. The van der Waals surface area contributed by atoms with Crippen LogP contribution in [-0.2, 0) is 6.54 Å². The topological polar surface area (TPSA) is 30.5 Å². The molecule has 3 nitrogen and oxygen atoms in total. The molecular weight excluding hydrogens is 382 g/mol. The first-order chi connectivity index (χ1) is 14.9. The molecule has 1 aliphatic rings. The van der Waals surface area contributed by atoms with Gasteiger partial charge in [0.25, 0.3) is 0 Å². The first-order valence-electron chi connectivity index (χ1n) is 11.6. The van der Waals surface area contributed by atoms with E-state index in [2.05, 4.69) is 76.4 Å². The van der Waals surface area contributed by atoms with E-state index in [0.717, 1.165) is 50.3 Å². The molecule has 31 heavy (non-hydrogen) atoms. The van der Waals surface area contributed by atoms with Crippen LogP contribution in [0.25, 0.3) is 0 Å². The highest BCUT2D eigenvalue weighted by Crippen LogP contribution is 2.32. The zero-order valence-electron chi connectivity index (χ0n) is 20.2. The molecule has 1 N–H and O–H groups in total. The molecule has 0 aromatic heterocycles. The first-order valence-corrected chi connectivity index (χ1v) is 11.6. The Labute approximate surface area is 189 Å². The van der Waals surface area contributed by atoms with Gasteiger partial charge in [0.2, 0.25) is 6.79 Å². The Bertz CT molecular complexity index is 810. The minimum atomic E-state index is 0.328. The summed E-state index contributed by atoms with van der Waals surface area (Å²) in [6, 6.07) is 6.13. The van der Waals surface area contributed by atoms with Gasteiger partial charge in [0.05, 0.1) is 0 Å². The van der Waals surface area contributed by atoms with E-state index < -0.39 is 0 Å². The second kappa shape index (κ2) is 13.9. The quantitative estimate of drug-likeness (QED) is 0.261. The lowest BCUT2D eigenvalue weighted by Crippen LogP contribution is -2.13. The molecule has 1 aromatic rings. The van der Waals surface area contributed by atoms with Crippen molar-refractivity contribution in [3.63, 3.8) is 0 Å². The van der Waals surface area contributed by atoms with Crippen molar-refractivity contribution < 1.29 is 9.47 Å². The largest absolute Gasteiger partial charge is 0.454 e. The summed E-state index contributed by atoms with van der Waals surface area (Å²) in [4.78, 5) is 0. The van der Waals surface area contributed by atoms with E-state index >= 15 is 0 Å². The predicted molar refractivity (Wildman–Crippen MR) is 133 cm³/mol. The summed E-state index contributed by atoms with van der Waals surface area (Å²) in [5, 5.41) is 3.48. The van der Waals surface area contributed by atoms with E-state index in [-0.39, 0.29) is 0 Å². The summed E-state index contributed by atoms with van der Waals surface area (Å²) in [6.45, 7) is 13.1. The van der Waals surface area contributed by atoms with Crippen LogP contribution in [0.1, 0.15) is 78.7 Å². The van der Waals surface area contributed by atoms with Crippen LogP contribution in [0, 0.1) is 0 Å². The molecule has 0 radical (unpaired) electrons. The molecule has 0 unspecified atom stereocenters. The molecule has 170 valence electrons. The molecule has 3 heteroatoms. The van der Waals surface area contributed by atoms with Gasteiger partial charge in [0.15, 0.2) is 11.5 Å². The molecule has 0 spiro atoms. The van der Waals surface area contributed by atoms with Gasteiger partial charge >= 0.3 is 0 Å². The van der Waals surface area contributed by atoms with Gasteiger partial charge in [0, 0.05) is 13.1 Å². The summed E-state index contributed by atoms with van der Waals surface area (Å²) in [6.07, 6.45) is 16.4. The monoisotopic (exact) mass is 423 g/mol. The average Bonchev–Trinajstić information content (AvgIpc) is 3.19. The van der Waals surface area contributed by atoms with Crippen LogP contribution >= 0.6 is 0 Å². The number of hydrogen-bond donors (Lipinski definition) is 1. The molecule has 1 aliphatic heterocycles. The van der Waals surface area contributed by atoms with Gasteiger partial charge in [-0.25, -0.2) is 0 Å². The van der Waals surface area contributed by atoms with Crippen molar-refractivity contribution >= 4 is 0 Å². The Morgan fingerprint density at radius 3 is 2.00 bits per heavy atom. The zero-order chi connectivity index (χ0) is 22.5. The maximum absolute atomic E-state index is 5.43. The Morgan fingerprint density at radius 1 is 0.774 bits per heavy atom. The van der Waals surface area contributed by atoms with Crippen molar-refractivity contribution in [3.8, 4) is 11.5 Å². The van der Waals surface area contributed by atoms with Crippen LogP contribution in [-0.4, -0.2) is 13.3 Å². The summed E-state index contributed by atoms with van der Waals surface area (Å²) in [5.74, 6) is 1.69. The van der Waals surface area contributed by atoms with E-state index in [1.165, 1.54) is 40.7 Å². The van der Waals surface area contributed by atoms with Crippen LogP contribution in [0.3, 0.4) is 0 Å². The average molecular weight is 424 g/mol. The molecule has 2 rings (SSSR count). The molecule has 0 fully saturated rings. The summed E-state index contributed by atoms with van der Waals surface area (Å²) >= 11 is 0. The number of allylic oxidation sites excluding steroid dienone is 7. The molecule has 0 amide bonds. The Balaban J connectivity index is 1.59. The van der Waals surface area contributed by atoms with Crippen LogP contribution in [0.4, 0.5) is 0 Å². The van der Waals surface area contributed by atoms with Crippen molar-refractivity contribution in [1.29, 1.82) is 0 Å². The smallest absolute Gasteiger partial charge is 0.231 e. The highest BCUT2D eigenvalue weighted by molar-refractivity contribution is 5.44. The molecule has 0 aliphatic carbocycles. The van der Waals surface area contributed by atoms with E-state index in [1.54, 1.807) is 0 Å². The van der Waals surface area contributed by atoms with Crippen molar-refractivity contribution in [3.05, 3.63) is 70.4 Å². The molecule has 0 saturated carbocycles. The van der Waals surface area contributed by atoms with Gasteiger partial charge in [-0.05, 0) is 90.8 Å². The second-order valence-corrected chi connectivity index (χ2v) is 8.87. The normalized spacial score (nSPS) is 14.2. The molecular formula is C28H41NO2. The fourth-order valence-corrected chi connectivity index (χ4v) is 3.50. The number of rotatable bonds is 13. The lowest BCUT2D eigenvalue weighted by Gasteiger charge is -2.05. The fraction of sp³-hybridized carbons (Fsp3) is 0.500. The Kier molecular flexibility index (Phi) is 11.2. The minimum absolute atomic E-state index is 0.328. The standard InChI is InChI=1S/C28H41NO2/c1-22(2)9-6-10-23(3)11-7-12-24(4)13-8-14-25(5)17-18-29-20-26-15-16-27-28(19-26)31-21-30-27/h9,11,13,15-17,19,29H,6-8,10,12,14,18,20-21H2,1-5H3/b23-11+,24-13?,25-17+. The van der Waals surface area contributed by atoms with Crippen LogP contribution in [0.5, 0.6) is 11.5 Å². The van der Waals surface area contributed by atoms with Crippen molar-refractivity contribution in [2.75, 3.05) is 13.3 Å². The number of hydrogen-bond acceptors (Lipinski definition) is 3. The SMILES string of the molecule is CC(C)=CCC/C(C)=C/CCC(C)=CCC/C(C)=C/CNCc1ccc2c(c1)OCO2. The van der Waals surface area contributed by atoms with Gasteiger partial charge in [-0.1, -0.05) is 52.7 Å². The maximum Gasteiger partial charge on any atom is 0.231 e. The third-order valence-electron chi connectivity index (χ3n) is 5.52. The predicted octanol–water partition coefficient (Wildman–Crippen LogP) is 7.65. The number of benzene rings is 1. The second-order valence-electron chi connectivity index (χ2n) is 8.87. The van der Waals surface area contributed by atoms with Gasteiger partial charge in [-0.15, -0.1) is 0 Å². The number of ether oxygens (including phenoxy) is 2. The Hall–Kier alpha value is -2.26. The summed E-state index contributed by atoms with van der Waals surface area (Å²) < 4.78 is 10.8. The minimum Gasteiger partial charge on any atom is -0.454 e. The molecule has 0 bridgehead atoms. The van der Waals surface area contributed by atoms with E-state index in [1.807, 2.05) is 6.07 Å². The highest BCUT2D eigenvalue weighted by Gasteiger charge is 2.12. The summed E-state index contributed by atoms with van der Waals surface area (Å²) in [7, 11) is 0. The van der Waals surface area contributed by atoms with E-state index in [9.17, 15) is 0 Å². The third-order valence-corrected chi connectivity index (χ3v) is 5.52. The maximum atomic E-state index is 5.43. The Morgan fingerprint density at radius 2 is 1.35 bits per heavy atom. The fourth-order valence-electron chi connectivity index (χ4n) is 3.50. The van der Waals surface area contributed by atoms with E-state index in [4.69, 9.17) is 9.47 Å². The van der Waals surface area contributed by atoms with Gasteiger partial charge < -0.3 is 14.8 Å². The molecule has 0 atom stereocenters. The van der Waals surface area contributed by atoms with Gasteiger partial charge in [-0.3, -0.25) is 0 Å². The number of nitrogens with one attached hydrogen (secondary N) is 1. The van der Waals surface area contributed by atoms with Crippen LogP contribution in [0.2, 0.25) is 0 Å².